The minimum Gasteiger partial charge on any atom is -0.346 e. The SMILES string of the molecule is CC(NC(=O)Cc1ccccc1F)c1nccn1C. The summed E-state index contributed by atoms with van der Waals surface area (Å²) in [4.78, 5) is 16.0. The van der Waals surface area contributed by atoms with Crippen LogP contribution in [0.3, 0.4) is 0 Å². The van der Waals surface area contributed by atoms with Crippen LogP contribution in [0.4, 0.5) is 4.39 Å². The maximum absolute atomic E-state index is 13.4. The summed E-state index contributed by atoms with van der Waals surface area (Å²) in [6.07, 6.45) is 3.52. The molecule has 0 bridgehead atoms. The van der Waals surface area contributed by atoms with Gasteiger partial charge >= 0.3 is 0 Å². The molecule has 1 amide bonds. The van der Waals surface area contributed by atoms with Crippen LogP contribution in [-0.4, -0.2) is 15.5 Å². The van der Waals surface area contributed by atoms with Gasteiger partial charge in [0.1, 0.15) is 11.6 Å². The van der Waals surface area contributed by atoms with Crippen LogP contribution in [0.2, 0.25) is 0 Å². The van der Waals surface area contributed by atoms with Gasteiger partial charge in [0, 0.05) is 19.4 Å². The Morgan fingerprint density at radius 3 is 2.84 bits per heavy atom. The lowest BCUT2D eigenvalue weighted by atomic mass is 10.1. The summed E-state index contributed by atoms with van der Waals surface area (Å²) < 4.78 is 15.3. The Hall–Kier alpha value is -2.17. The van der Waals surface area contributed by atoms with E-state index >= 15 is 0 Å². The molecule has 1 heterocycles. The van der Waals surface area contributed by atoms with E-state index in [1.807, 2.05) is 24.7 Å². The van der Waals surface area contributed by atoms with E-state index in [1.54, 1.807) is 24.4 Å². The summed E-state index contributed by atoms with van der Waals surface area (Å²) >= 11 is 0. The third kappa shape index (κ3) is 3.19. The largest absolute Gasteiger partial charge is 0.346 e. The molecule has 100 valence electrons. The molecule has 0 spiro atoms. The molecule has 0 fully saturated rings. The van der Waals surface area contributed by atoms with Crippen LogP contribution in [-0.2, 0) is 18.3 Å². The molecule has 0 aliphatic heterocycles. The molecule has 0 saturated heterocycles. The monoisotopic (exact) mass is 261 g/mol. The van der Waals surface area contributed by atoms with Crippen LogP contribution in [0.5, 0.6) is 0 Å². The Balaban J connectivity index is 1.99. The zero-order valence-electron chi connectivity index (χ0n) is 10.9. The lowest BCUT2D eigenvalue weighted by Crippen LogP contribution is -2.29. The molecule has 1 unspecified atom stereocenters. The number of halogens is 1. The Morgan fingerprint density at radius 1 is 1.47 bits per heavy atom. The second-order valence-electron chi connectivity index (χ2n) is 4.45. The van der Waals surface area contributed by atoms with Gasteiger partial charge in [-0.05, 0) is 18.6 Å². The van der Waals surface area contributed by atoms with Crippen molar-refractivity contribution in [3.63, 3.8) is 0 Å². The van der Waals surface area contributed by atoms with Gasteiger partial charge < -0.3 is 9.88 Å². The first-order chi connectivity index (χ1) is 9.08. The molecule has 0 saturated carbocycles. The van der Waals surface area contributed by atoms with Gasteiger partial charge in [0.15, 0.2) is 0 Å². The van der Waals surface area contributed by atoms with Crippen LogP contribution in [0.25, 0.3) is 0 Å². The van der Waals surface area contributed by atoms with E-state index in [2.05, 4.69) is 10.3 Å². The van der Waals surface area contributed by atoms with Crippen LogP contribution in [0.15, 0.2) is 36.7 Å². The molecule has 0 aliphatic rings. The standard InChI is InChI=1S/C14H16FN3O/c1-10(14-16-7-8-18(14)2)17-13(19)9-11-5-3-4-6-12(11)15/h3-8,10H,9H2,1-2H3,(H,17,19). The number of aromatic nitrogens is 2. The summed E-state index contributed by atoms with van der Waals surface area (Å²) in [5, 5.41) is 2.81. The maximum Gasteiger partial charge on any atom is 0.225 e. The van der Waals surface area contributed by atoms with Crippen LogP contribution < -0.4 is 5.32 Å². The Bertz CT molecular complexity index is 580. The van der Waals surface area contributed by atoms with Crippen molar-refractivity contribution in [3.05, 3.63) is 53.9 Å². The smallest absolute Gasteiger partial charge is 0.225 e. The van der Waals surface area contributed by atoms with Crippen molar-refractivity contribution in [2.75, 3.05) is 0 Å². The fourth-order valence-electron chi connectivity index (χ4n) is 1.97. The minimum atomic E-state index is -0.359. The number of nitrogens with zero attached hydrogens (tertiary/aromatic N) is 2. The summed E-state index contributed by atoms with van der Waals surface area (Å²) in [5.74, 6) is 0.185. The Kier molecular flexibility index (Phi) is 3.94. The number of nitrogens with one attached hydrogen (secondary N) is 1. The molecule has 2 rings (SSSR count). The number of aryl methyl sites for hydroxylation is 1. The van der Waals surface area contributed by atoms with Gasteiger partial charge in [-0.25, -0.2) is 9.37 Å². The van der Waals surface area contributed by atoms with E-state index in [-0.39, 0.29) is 24.2 Å². The molecule has 19 heavy (non-hydrogen) atoms. The van der Waals surface area contributed by atoms with Crippen LogP contribution in [0.1, 0.15) is 24.4 Å². The molecule has 1 atom stereocenters. The fourth-order valence-corrected chi connectivity index (χ4v) is 1.97. The van der Waals surface area contributed by atoms with Gasteiger partial charge in [0.2, 0.25) is 5.91 Å². The molecule has 1 N–H and O–H groups in total. The quantitative estimate of drug-likeness (QED) is 0.914. The number of hydrogen-bond acceptors (Lipinski definition) is 2. The van der Waals surface area contributed by atoms with Crippen LogP contribution >= 0.6 is 0 Å². The lowest BCUT2D eigenvalue weighted by Gasteiger charge is -2.14. The summed E-state index contributed by atoms with van der Waals surface area (Å²) in [6, 6.07) is 6.07. The van der Waals surface area contributed by atoms with Crippen LogP contribution in [0, 0.1) is 5.82 Å². The molecule has 5 heteroatoms. The predicted octanol–water partition coefficient (Wildman–Crippen LogP) is 1.98. The van der Waals surface area contributed by atoms with E-state index < -0.39 is 0 Å². The number of carbonyl (C=O) groups excluding carboxylic acids is 1. The normalized spacial score (nSPS) is 12.2. The minimum absolute atomic E-state index is 0.0292. The molecule has 0 radical (unpaired) electrons. The first kappa shape index (κ1) is 13.3. The number of hydrogen-bond donors (Lipinski definition) is 1. The second kappa shape index (κ2) is 5.65. The van der Waals surface area contributed by atoms with Gasteiger partial charge in [-0.3, -0.25) is 4.79 Å². The van der Waals surface area contributed by atoms with E-state index in [0.717, 1.165) is 5.82 Å². The van der Waals surface area contributed by atoms with Crippen molar-refractivity contribution in [3.8, 4) is 0 Å². The van der Waals surface area contributed by atoms with Crippen molar-refractivity contribution >= 4 is 5.91 Å². The lowest BCUT2D eigenvalue weighted by molar-refractivity contribution is -0.121. The molecule has 1 aromatic heterocycles. The maximum atomic E-state index is 13.4. The molecule has 1 aromatic carbocycles. The van der Waals surface area contributed by atoms with Crippen molar-refractivity contribution < 1.29 is 9.18 Å². The average molecular weight is 261 g/mol. The van der Waals surface area contributed by atoms with Gasteiger partial charge in [-0.2, -0.15) is 0 Å². The highest BCUT2D eigenvalue weighted by atomic mass is 19.1. The topological polar surface area (TPSA) is 46.9 Å². The van der Waals surface area contributed by atoms with Gasteiger partial charge in [0.25, 0.3) is 0 Å². The third-order valence-electron chi connectivity index (χ3n) is 2.93. The van der Waals surface area contributed by atoms with E-state index in [9.17, 15) is 9.18 Å². The van der Waals surface area contributed by atoms with Crippen molar-refractivity contribution in [1.82, 2.24) is 14.9 Å². The number of benzene rings is 1. The molecule has 4 nitrogen and oxygen atoms in total. The van der Waals surface area contributed by atoms with E-state index in [0.29, 0.717) is 5.56 Å². The number of imidazole rings is 1. The average Bonchev–Trinajstić information content (AvgIpc) is 2.78. The second-order valence-corrected chi connectivity index (χ2v) is 4.45. The summed E-state index contributed by atoms with van der Waals surface area (Å²) in [7, 11) is 1.86. The fraction of sp³-hybridized carbons (Fsp3) is 0.286. The Morgan fingerprint density at radius 2 is 2.21 bits per heavy atom. The zero-order valence-corrected chi connectivity index (χ0v) is 10.9. The van der Waals surface area contributed by atoms with E-state index in [1.165, 1.54) is 6.07 Å². The highest BCUT2D eigenvalue weighted by Crippen LogP contribution is 2.10. The molecule has 0 aliphatic carbocycles. The Labute approximate surface area is 111 Å². The zero-order chi connectivity index (χ0) is 13.8. The molecular formula is C14H16FN3O. The number of rotatable bonds is 4. The first-order valence-electron chi connectivity index (χ1n) is 6.08. The number of amides is 1. The highest BCUT2D eigenvalue weighted by molar-refractivity contribution is 5.78. The highest BCUT2D eigenvalue weighted by Gasteiger charge is 2.14. The third-order valence-corrected chi connectivity index (χ3v) is 2.93. The van der Waals surface area contributed by atoms with Crippen molar-refractivity contribution in [1.29, 1.82) is 0 Å². The summed E-state index contributed by atoms with van der Waals surface area (Å²) in [5.41, 5.74) is 0.395. The van der Waals surface area contributed by atoms with Crippen molar-refractivity contribution in [2.24, 2.45) is 7.05 Å². The van der Waals surface area contributed by atoms with Gasteiger partial charge in [-0.15, -0.1) is 0 Å². The first-order valence-corrected chi connectivity index (χ1v) is 6.08. The molecule has 2 aromatic rings. The van der Waals surface area contributed by atoms with E-state index in [4.69, 9.17) is 0 Å². The van der Waals surface area contributed by atoms with Crippen molar-refractivity contribution in [2.45, 2.75) is 19.4 Å². The van der Waals surface area contributed by atoms with Gasteiger partial charge in [0.05, 0.1) is 12.5 Å². The number of carbonyl (C=O) groups is 1. The molecular weight excluding hydrogens is 245 g/mol. The predicted molar refractivity (Wildman–Crippen MR) is 69.9 cm³/mol. The summed E-state index contributed by atoms with van der Waals surface area (Å²) in [6.45, 7) is 1.85. The van der Waals surface area contributed by atoms with Gasteiger partial charge in [-0.1, -0.05) is 18.2 Å².